The van der Waals surface area contributed by atoms with Crippen LogP contribution in [0.2, 0.25) is 0 Å². The molecular formula is C21H27N3O3. The first kappa shape index (κ1) is 20.4. The van der Waals surface area contributed by atoms with Gasteiger partial charge in [-0.15, -0.1) is 0 Å². The Morgan fingerprint density at radius 1 is 1.11 bits per heavy atom. The lowest BCUT2D eigenvalue weighted by atomic mass is 9.85. The van der Waals surface area contributed by atoms with E-state index in [1.807, 2.05) is 19.1 Å². The highest BCUT2D eigenvalue weighted by Crippen LogP contribution is 2.32. The molecule has 6 heteroatoms. The number of nitrogens with zero attached hydrogens (tertiary/aromatic N) is 1. The third kappa shape index (κ3) is 6.40. The molecule has 0 radical (unpaired) electrons. The fourth-order valence-corrected chi connectivity index (χ4v) is 2.53. The average Bonchev–Trinajstić information content (AvgIpc) is 2.64. The van der Waals surface area contributed by atoms with Gasteiger partial charge >= 0.3 is 0 Å². The Morgan fingerprint density at radius 3 is 2.52 bits per heavy atom. The first-order valence-corrected chi connectivity index (χ1v) is 8.96. The molecule has 2 aromatic rings. The van der Waals surface area contributed by atoms with Crippen molar-refractivity contribution in [3.63, 3.8) is 0 Å². The number of ether oxygens (including phenoxy) is 1. The molecule has 0 aliphatic heterocycles. The van der Waals surface area contributed by atoms with E-state index in [4.69, 9.17) is 4.74 Å². The molecule has 0 saturated carbocycles. The summed E-state index contributed by atoms with van der Waals surface area (Å²) in [4.78, 5) is 27.8. The highest BCUT2D eigenvalue weighted by Gasteiger charge is 2.19. The smallest absolute Gasteiger partial charge is 0.258 e. The summed E-state index contributed by atoms with van der Waals surface area (Å²) in [6.07, 6.45) is 3.10. The Kier molecular flexibility index (Phi) is 6.93. The fraction of sp³-hybridized carbons (Fsp3) is 0.381. The molecule has 0 fully saturated rings. The van der Waals surface area contributed by atoms with Crippen molar-refractivity contribution in [3.05, 3.63) is 59.4 Å². The Balaban J connectivity index is 1.76. The van der Waals surface area contributed by atoms with Gasteiger partial charge in [-0.3, -0.25) is 14.6 Å². The Bertz CT molecular complexity index is 783. The van der Waals surface area contributed by atoms with Gasteiger partial charge < -0.3 is 15.4 Å². The van der Waals surface area contributed by atoms with Crippen LogP contribution in [0.1, 0.15) is 42.3 Å². The number of aromatic nitrogens is 1. The van der Waals surface area contributed by atoms with Crippen molar-refractivity contribution in [1.82, 2.24) is 15.6 Å². The first-order chi connectivity index (χ1) is 12.8. The van der Waals surface area contributed by atoms with Crippen LogP contribution in [-0.2, 0) is 10.2 Å². The Labute approximate surface area is 160 Å². The molecule has 6 nitrogen and oxygen atoms in total. The van der Waals surface area contributed by atoms with E-state index in [-0.39, 0.29) is 23.8 Å². The van der Waals surface area contributed by atoms with Gasteiger partial charge in [-0.1, -0.05) is 38.5 Å². The summed E-state index contributed by atoms with van der Waals surface area (Å²) < 4.78 is 5.72. The summed E-state index contributed by atoms with van der Waals surface area (Å²) in [5, 5.41) is 5.46. The van der Waals surface area contributed by atoms with E-state index in [0.717, 1.165) is 11.1 Å². The number of nitrogens with one attached hydrogen (secondary N) is 2. The Morgan fingerprint density at radius 2 is 1.85 bits per heavy atom. The molecule has 2 N–H and O–H groups in total. The maximum Gasteiger partial charge on any atom is 0.258 e. The molecule has 1 aromatic carbocycles. The predicted molar refractivity (Wildman–Crippen MR) is 105 cm³/mol. The molecule has 1 heterocycles. The molecule has 0 aliphatic rings. The van der Waals surface area contributed by atoms with Gasteiger partial charge in [-0.2, -0.15) is 0 Å². The van der Waals surface area contributed by atoms with E-state index < -0.39 is 0 Å². The van der Waals surface area contributed by atoms with Gasteiger partial charge in [0.25, 0.3) is 11.8 Å². The lowest BCUT2D eigenvalue weighted by Crippen LogP contribution is -2.36. The molecule has 2 rings (SSSR count). The Hall–Kier alpha value is -2.89. The number of carbonyl (C=O) groups excluding carboxylic acids is 2. The zero-order valence-corrected chi connectivity index (χ0v) is 16.3. The second-order valence-electron chi connectivity index (χ2n) is 7.39. The van der Waals surface area contributed by atoms with Gasteiger partial charge in [0, 0.05) is 25.5 Å². The van der Waals surface area contributed by atoms with Crippen molar-refractivity contribution in [3.8, 4) is 5.75 Å². The summed E-state index contributed by atoms with van der Waals surface area (Å²) in [6, 6.07) is 9.34. The number of carbonyl (C=O) groups is 2. The van der Waals surface area contributed by atoms with Crippen LogP contribution in [0.15, 0.2) is 42.7 Å². The van der Waals surface area contributed by atoms with Crippen LogP contribution in [0.3, 0.4) is 0 Å². The van der Waals surface area contributed by atoms with Crippen LogP contribution in [0.4, 0.5) is 0 Å². The molecule has 1 aromatic heterocycles. The van der Waals surface area contributed by atoms with E-state index in [9.17, 15) is 9.59 Å². The van der Waals surface area contributed by atoms with E-state index in [1.54, 1.807) is 18.3 Å². The fourth-order valence-electron chi connectivity index (χ4n) is 2.53. The van der Waals surface area contributed by atoms with E-state index in [2.05, 4.69) is 42.5 Å². The van der Waals surface area contributed by atoms with E-state index >= 15 is 0 Å². The number of amides is 2. The van der Waals surface area contributed by atoms with Gasteiger partial charge in [0.1, 0.15) is 5.75 Å². The van der Waals surface area contributed by atoms with Crippen molar-refractivity contribution in [2.24, 2.45) is 0 Å². The van der Waals surface area contributed by atoms with Crippen molar-refractivity contribution < 1.29 is 14.3 Å². The minimum absolute atomic E-state index is 0.0668. The second-order valence-corrected chi connectivity index (χ2v) is 7.39. The molecule has 0 bridgehead atoms. The van der Waals surface area contributed by atoms with Gasteiger partial charge in [0.15, 0.2) is 6.61 Å². The predicted octanol–water partition coefficient (Wildman–Crippen LogP) is 2.61. The van der Waals surface area contributed by atoms with Crippen LogP contribution in [0, 0.1) is 6.92 Å². The van der Waals surface area contributed by atoms with E-state index in [1.165, 1.54) is 6.20 Å². The molecule has 0 atom stereocenters. The molecule has 27 heavy (non-hydrogen) atoms. The number of hydrogen-bond donors (Lipinski definition) is 2. The van der Waals surface area contributed by atoms with Crippen molar-refractivity contribution >= 4 is 11.8 Å². The van der Waals surface area contributed by atoms with Crippen molar-refractivity contribution in [1.29, 1.82) is 0 Å². The van der Waals surface area contributed by atoms with Crippen LogP contribution in [-0.4, -0.2) is 36.5 Å². The van der Waals surface area contributed by atoms with Crippen molar-refractivity contribution in [2.75, 3.05) is 19.7 Å². The lowest BCUT2D eigenvalue weighted by Gasteiger charge is -2.23. The molecule has 2 amide bonds. The highest BCUT2D eigenvalue weighted by atomic mass is 16.5. The third-order valence-electron chi connectivity index (χ3n) is 3.96. The summed E-state index contributed by atoms with van der Waals surface area (Å²) >= 11 is 0. The first-order valence-electron chi connectivity index (χ1n) is 8.96. The SMILES string of the molecule is Cc1ccc(OCC(=O)NCCNC(=O)c2cccnc2)c(C(C)(C)C)c1. The van der Waals surface area contributed by atoms with E-state index in [0.29, 0.717) is 24.4 Å². The highest BCUT2D eigenvalue weighted by molar-refractivity contribution is 5.93. The summed E-state index contributed by atoms with van der Waals surface area (Å²) in [5.74, 6) is 0.266. The molecule has 0 aliphatic carbocycles. The molecule has 0 spiro atoms. The number of benzene rings is 1. The summed E-state index contributed by atoms with van der Waals surface area (Å²) in [5.41, 5.74) is 2.63. The maximum atomic E-state index is 12.0. The number of aryl methyl sites for hydroxylation is 1. The molecule has 144 valence electrons. The average molecular weight is 369 g/mol. The van der Waals surface area contributed by atoms with Crippen molar-refractivity contribution in [2.45, 2.75) is 33.1 Å². The number of pyridine rings is 1. The largest absolute Gasteiger partial charge is 0.483 e. The molecule has 0 saturated heterocycles. The second kappa shape index (κ2) is 9.16. The van der Waals surface area contributed by atoms with Crippen LogP contribution < -0.4 is 15.4 Å². The van der Waals surface area contributed by atoms with Crippen LogP contribution in [0.25, 0.3) is 0 Å². The zero-order chi connectivity index (χ0) is 19.9. The van der Waals surface area contributed by atoms with Crippen LogP contribution >= 0.6 is 0 Å². The van der Waals surface area contributed by atoms with Gasteiger partial charge in [-0.05, 0) is 36.1 Å². The maximum absolute atomic E-state index is 12.0. The van der Waals surface area contributed by atoms with Crippen LogP contribution in [0.5, 0.6) is 5.75 Å². The molecule has 0 unspecified atom stereocenters. The zero-order valence-electron chi connectivity index (χ0n) is 16.3. The summed E-state index contributed by atoms with van der Waals surface area (Å²) in [6.45, 7) is 8.96. The minimum atomic E-state index is -0.230. The lowest BCUT2D eigenvalue weighted by molar-refractivity contribution is -0.123. The standard InChI is InChI=1S/C21H27N3O3/c1-15-7-8-18(17(12-15)21(2,3)4)27-14-19(25)23-10-11-24-20(26)16-6-5-9-22-13-16/h5-9,12-13H,10-11,14H2,1-4H3,(H,23,25)(H,24,26). The normalized spacial score (nSPS) is 11.0. The monoisotopic (exact) mass is 369 g/mol. The van der Waals surface area contributed by atoms with Gasteiger partial charge in [-0.25, -0.2) is 0 Å². The topological polar surface area (TPSA) is 80.3 Å². The molecular weight excluding hydrogens is 342 g/mol. The minimum Gasteiger partial charge on any atom is -0.483 e. The number of rotatable bonds is 7. The van der Waals surface area contributed by atoms with Gasteiger partial charge in [0.2, 0.25) is 0 Å². The third-order valence-corrected chi connectivity index (χ3v) is 3.96. The number of hydrogen-bond acceptors (Lipinski definition) is 4. The quantitative estimate of drug-likeness (QED) is 0.735. The summed E-state index contributed by atoms with van der Waals surface area (Å²) in [7, 11) is 0. The van der Waals surface area contributed by atoms with Gasteiger partial charge in [0.05, 0.1) is 5.56 Å².